The van der Waals surface area contributed by atoms with Gasteiger partial charge in [0.25, 0.3) is 0 Å². The van der Waals surface area contributed by atoms with Crippen molar-refractivity contribution in [3.8, 4) is 0 Å². The molecule has 1 spiro atoms. The van der Waals surface area contributed by atoms with E-state index in [1.165, 1.54) is 32.1 Å². The first-order valence-corrected chi connectivity index (χ1v) is 7.40. The molecule has 0 aromatic carbocycles. The molecule has 0 aromatic rings. The molecule has 0 heterocycles. The van der Waals surface area contributed by atoms with E-state index in [1.807, 2.05) is 0 Å². The lowest BCUT2D eigenvalue weighted by Crippen LogP contribution is -2.54. The first-order chi connectivity index (χ1) is 7.79. The Morgan fingerprint density at radius 1 is 1.12 bits per heavy atom. The van der Waals surface area contributed by atoms with Gasteiger partial charge in [-0.2, -0.15) is 0 Å². The molecular formula is C16H28O. The summed E-state index contributed by atoms with van der Waals surface area (Å²) < 4.78 is 0. The smallest absolute Gasteiger partial charge is 0.0436 e. The maximum absolute atomic E-state index is 9.20. The molecule has 1 heteroatoms. The lowest BCUT2D eigenvalue weighted by Gasteiger charge is -2.63. The van der Waals surface area contributed by atoms with E-state index in [2.05, 4.69) is 27.7 Å². The van der Waals surface area contributed by atoms with E-state index in [-0.39, 0.29) is 0 Å². The number of fused-ring (bicyclic) bond motifs is 3. The maximum atomic E-state index is 9.20. The zero-order valence-corrected chi connectivity index (χ0v) is 12.0. The molecular weight excluding hydrogens is 208 g/mol. The molecule has 3 saturated carbocycles. The monoisotopic (exact) mass is 236 g/mol. The van der Waals surface area contributed by atoms with Crippen LogP contribution in [-0.4, -0.2) is 11.7 Å². The number of aliphatic hydroxyl groups is 1. The van der Waals surface area contributed by atoms with Crippen LogP contribution >= 0.6 is 0 Å². The van der Waals surface area contributed by atoms with Crippen LogP contribution in [0.4, 0.5) is 0 Å². The van der Waals surface area contributed by atoms with Crippen LogP contribution in [0.15, 0.2) is 0 Å². The normalized spacial score (nSPS) is 55.2. The topological polar surface area (TPSA) is 20.2 Å². The highest BCUT2D eigenvalue weighted by molar-refractivity contribution is 5.22. The van der Waals surface area contributed by atoms with Gasteiger partial charge in [-0.3, -0.25) is 0 Å². The molecule has 0 aromatic heterocycles. The van der Waals surface area contributed by atoms with Crippen molar-refractivity contribution in [2.75, 3.05) is 6.61 Å². The largest absolute Gasteiger partial charge is 0.396 e. The molecule has 3 rings (SSSR count). The van der Waals surface area contributed by atoms with Crippen molar-refractivity contribution in [1.29, 1.82) is 0 Å². The summed E-state index contributed by atoms with van der Waals surface area (Å²) in [5, 5.41) is 9.20. The fourth-order valence-corrected chi connectivity index (χ4v) is 6.16. The predicted molar refractivity (Wildman–Crippen MR) is 70.7 cm³/mol. The molecule has 0 aliphatic heterocycles. The third-order valence-corrected chi connectivity index (χ3v) is 7.49. The Labute approximate surface area is 106 Å². The summed E-state index contributed by atoms with van der Waals surface area (Å²) in [6, 6.07) is 0. The molecule has 3 aliphatic carbocycles. The molecule has 0 saturated heterocycles. The summed E-state index contributed by atoms with van der Waals surface area (Å²) in [5.41, 5.74) is 2.19. The molecule has 3 fully saturated rings. The first kappa shape index (κ1) is 12.0. The Morgan fingerprint density at radius 3 is 2.18 bits per heavy atom. The zero-order chi connectivity index (χ0) is 12.5. The van der Waals surface area contributed by atoms with Crippen LogP contribution in [0.3, 0.4) is 0 Å². The number of aliphatic hydroxyl groups excluding tert-OH is 1. The van der Waals surface area contributed by atoms with Gasteiger partial charge in [-0.15, -0.1) is 0 Å². The van der Waals surface area contributed by atoms with Gasteiger partial charge in [0.1, 0.15) is 0 Å². The lowest BCUT2D eigenvalue weighted by atomic mass is 9.42. The average Bonchev–Trinajstić information content (AvgIpc) is 2.48. The molecule has 17 heavy (non-hydrogen) atoms. The molecule has 1 nitrogen and oxygen atoms in total. The Hall–Kier alpha value is -0.0400. The van der Waals surface area contributed by atoms with Crippen molar-refractivity contribution in [2.24, 2.45) is 27.6 Å². The van der Waals surface area contributed by atoms with Crippen molar-refractivity contribution < 1.29 is 5.11 Å². The van der Waals surface area contributed by atoms with Gasteiger partial charge in [0.05, 0.1) is 0 Å². The van der Waals surface area contributed by atoms with Gasteiger partial charge < -0.3 is 5.11 Å². The van der Waals surface area contributed by atoms with E-state index in [0.717, 1.165) is 12.3 Å². The fraction of sp³-hybridized carbons (Fsp3) is 1.00. The minimum Gasteiger partial charge on any atom is -0.396 e. The summed E-state index contributed by atoms with van der Waals surface area (Å²) in [6.07, 6.45) is 8.13. The summed E-state index contributed by atoms with van der Waals surface area (Å²) >= 11 is 0. The maximum Gasteiger partial charge on any atom is 0.0436 e. The van der Waals surface area contributed by atoms with Crippen LogP contribution in [0.2, 0.25) is 0 Å². The van der Waals surface area contributed by atoms with Crippen LogP contribution in [0.5, 0.6) is 0 Å². The zero-order valence-electron chi connectivity index (χ0n) is 12.0. The Morgan fingerprint density at radius 2 is 1.76 bits per heavy atom. The number of hydrogen-bond donors (Lipinski definition) is 1. The van der Waals surface area contributed by atoms with Crippen LogP contribution in [0.1, 0.15) is 66.2 Å². The quantitative estimate of drug-likeness (QED) is 0.768. The second kappa shape index (κ2) is 3.10. The van der Waals surface area contributed by atoms with Gasteiger partial charge in [-0.05, 0) is 66.1 Å². The SMILES string of the molecule is CC1(CCO)CC2(CC3CCC2(C)C3(C)C)C1. The highest BCUT2D eigenvalue weighted by Crippen LogP contribution is 2.81. The van der Waals surface area contributed by atoms with Gasteiger partial charge in [-0.25, -0.2) is 0 Å². The number of hydrogen-bond acceptors (Lipinski definition) is 1. The van der Waals surface area contributed by atoms with Crippen molar-refractivity contribution >= 4 is 0 Å². The van der Waals surface area contributed by atoms with Crippen molar-refractivity contribution in [3.05, 3.63) is 0 Å². The summed E-state index contributed by atoms with van der Waals surface area (Å²) in [4.78, 5) is 0. The fourth-order valence-electron chi connectivity index (χ4n) is 6.16. The molecule has 2 atom stereocenters. The van der Waals surface area contributed by atoms with Crippen LogP contribution in [0.25, 0.3) is 0 Å². The molecule has 0 amide bonds. The second-order valence-corrected chi connectivity index (χ2v) is 8.41. The molecule has 0 radical (unpaired) electrons. The average molecular weight is 236 g/mol. The van der Waals surface area contributed by atoms with E-state index in [1.54, 1.807) is 0 Å². The van der Waals surface area contributed by atoms with Gasteiger partial charge >= 0.3 is 0 Å². The van der Waals surface area contributed by atoms with E-state index >= 15 is 0 Å². The Bertz CT molecular complexity index is 337. The van der Waals surface area contributed by atoms with E-state index in [4.69, 9.17) is 0 Å². The predicted octanol–water partition coefficient (Wildman–Crippen LogP) is 4.00. The number of rotatable bonds is 2. The van der Waals surface area contributed by atoms with E-state index in [9.17, 15) is 5.11 Å². The minimum atomic E-state index is 0.371. The standard InChI is InChI=1S/C16H28O/c1-13(2)12-5-6-15(13,4)16(9-12)10-14(3,11-16)7-8-17/h12,17H,5-11H2,1-4H3. The third-order valence-electron chi connectivity index (χ3n) is 7.49. The lowest BCUT2D eigenvalue weighted by molar-refractivity contribution is -0.136. The van der Waals surface area contributed by atoms with Gasteiger partial charge in [0, 0.05) is 6.61 Å². The van der Waals surface area contributed by atoms with E-state index in [0.29, 0.717) is 28.3 Å². The van der Waals surface area contributed by atoms with Gasteiger partial charge in [0.15, 0.2) is 0 Å². The molecule has 2 unspecified atom stereocenters. The van der Waals surface area contributed by atoms with Crippen molar-refractivity contribution in [1.82, 2.24) is 0 Å². The van der Waals surface area contributed by atoms with Crippen LogP contribution < -0.4 is 0 Å². The van der Waals surface area contributed by atoms with Gasteiger partial charge in [-0.1, -0.05) is 27.7 Å². The van der Waals surface area contributed by atoms with Crippen molar-refractivity contribution in [2.45, 2.75) is 66.2 Å². The minimum absolute atomic E-state index is 0.371. The van der Waals surface area contributed by atoms with Gasteiger partial charge in [0.2, 0.25) is 0 Å². The van der Waals surface area contributed by atoms with E-state index < -0.39 is 0 Å². The van der Waals surface area contributed by atoms with Crippen LogP contribution in [-0.2, 0) is 0 Å². The summed E-state index contributed by atoms with van der Waals surface area (Å²) in [7, 11) is 0. The third kappa shape index (κ3) is 1.20. The Balaban J connectivity index is 1.85. The highest BCUT2D eigenvalue weighted by atomic mass is 16.3. The molecule has 98 valence electrons. The second-order valence-electron chi connectivity index (χ2n) is 8.41. The first-order valence-electron chi connectivity index (χ1n) is 7.40. The molecule has 2 bridgehead atoms. The Kier molecular flexibility index (Phi) is 2.19. The molecule has 3 aliphatic rings. The van der Waals surface area contributed by atoms with Crippen LogP contribution in [0, 0.1) is 27.6 Å². The summed E-state index contributed by atoms with van der Waals surface area (Å²) in [5.74, 6) is 0.964. The van der Waals surface area contributed by atoms with Crippen molar-refractivity contribution in [3.63, 3.8) is 0 Å². The summed E-state index contributed by atoms with van der Waals surface area (Å²) in [6.45, 7) is 10.4. The molecule has 1 N–H and O–H groups in total. The highest BCUT2D eigenvalue weighted by Gasteiger charge is 2.73.